The normalized spacial score (nSPS) is 14.7. The highest BCUT2D eigenvalue weighted by Crippen LogP contribution is 2.23. The molecule has 0 N–H and O–H groups in total. The van der Waals surface area contributed by atoms with Gasteiger partial charge in [0, 0.05) is 0 Å². The zero-order chi connectivity index (χ0) is 10.4. The first-order valence-corrected chi connectivity index (χ1v) is 8.57. The highest BCUT2D eigenvalue weighted by molar-refractivity contribution is 7.22. The zero-order valence-electron chi connectivity index (χ0n) is 8.67. The molecule has 0 spiro atoms. The summed E-state index contributed by atoms with van der Waals surface area (Å²) < 4.78 is 0. The van der Waals surface area contributed by atoms with Crippen LogP contribution < -0.4 is 0 Å². The van der Waals surface area contributed by atoms with Crippen LogP contribution in [0.4, 0.5) is 0 Å². The summed E-state index contributed by atoms with van der Waals surface area (Å²) in [7, 11) is -1.73. The van der Waals surface area contributed by atoms with E-state index in [0.717, 1.165) is 18.5 Å². The predicted molar refractivity (Wildman–Crippen MR) is 67.0 cm³/mol. The number of halogens is 1. The fourth-order valence-corrected chi connectivity index (χ4v) is 4.91. The van der Waals surface area contributed by atoms with E-state index in [0.29, 0.717) is 0 Å². The fourth-order valence-electron chi connectivity index (χ4n) is 1.61. The molecule has 1 aromatic rings. The molecule has 0 saturated heterocycles. The molecule has 1 unspecified atom stereocenters. The maximum absolute atomic E-state index is 6.58. The molecule has 0 nitrogen and oxygen atoms in total. The number of rotatable bonds is 5. The molecule has 0 saturated carbocycles. The van der Waals surface area contributed by atoms with Gasteiger partial charge in [-0.3, -0.25) is 0 Å². The molecule has 0 amide bonds. The predicted octanol–water partition coefficient (Wildman–Crippen LogP) is 4.09. The van der Waals surface area contributed by atoms with Crippen LogP contribution in [0.2, 0.25) is 6.04 Å². The van der Waals surface area contributed by atoms with Gasteiger partial charge in [-0.15, -0.1) is 6.58 Å². The van der Waals surface area contributed by atoms with Crippen molar-refractivity contribution in [2.24, 2.45) is 0 Å². The Labute approximate surface area is 92.3 Å². The molecule has 0 heterocycles. The quantitative estimate of drug-likeness (QED) is 0.522. The molecule has 2 heteroatoms. The zero-order valence-corrected chi connectivity index (χ0v) is 10.4. The monoisotopic (exact) mass is 224 g/mol. The summed E-state index contributed by atoms with van der Waals surface area (Å²) in [6, 6.07) is 12.6. The minimum atomic E-state index is -1.73. The van der Waals surface area contributed by atoms with E-state index in [9.17, 15) is 0 Å². The van der Waals surface area contributed by atoms with Gasteiger partial charge in [0.25, 0.3) is 0 Å². The first kappa shape index (κ1) is 11.5. The minimum Gasteiger partial charge on any atom is -0.161 e. The number of benzene rings is 1. The third-order valence-corrected chi connectivity index (χ3v) is 6.86. The van der Waals surface area contributed by atoms with Crippen molar-refractivity contribution in [1.29, 1.82) is 0 Å². The average molecular weight is 225 g/mol. The van der Waals surface area contributed by atoms with E-state index in [2.05, 4.69) is 37.8 Å². The summed E-state index contributed by atoms with van der Waals surface area (Å²) >= 11 is 6.58. The molecule has 0 aliphatic carbocycles. The lowest BCUT2D eigenvalue weighted by atomic mass is 10.2. The van der Waals surface area contributed by atoms with Crippen molar-refractivity contribution >= 4 is 18.5 Å². The molecule has 0 aliphatic heterocycles. The van der Waals surface area contributed by atoms with Gasteiger partial charge < -0.3 is 0 Å². The topological polar surface area (TPSA) is 0 Å². The Morgan fingerprint density at radius 2 is 2.00 bits per heavy atom. The van der Waals surface area contributed by atoms with Gasteiger partial charge in [-0.2, -0.15) is 11.1 Å². The van der Waals surface area contributed by atoms with Crippen molar-refractivity contribution in [1.82, 2.24) is 0 Å². The lowest BCUT2D eigenvalue weighted by molar-refractivity contribution is 1.05. The molecule has 0 fully saturated rings. The molecule has 0 aliphatic rings. The third-order valence-electron chi connectivity index (χ3n) is 2.37. The van der Waals surface area contributed by atoms with Gasteiger partial charge in [0.2, 0.25) is 0 Å². The van der Waals surface area contributed by atoms with Crippen LogP contribution in [-0.2, 0) is 6.04 Å². The van der Waals surface area contributed by atoms with E-state index >= 15 is 0 Å². The SMILES string of the molecule is C=C[Si](Cl)(CCC)Cc1ccccc1. The van der Waals surface area contributed by atoms with E-state index in [1.165, 1.54) is 5.56 Å². The van der Waals surface area contributed by atoms with Gasteiger partial charge in [0.1, 0.15) is 0 Å². The number of hydrogen-bond donors (Lipinski definition) is 0. The molecular weight excluding hydrogens is 208 g/mol. The third kappa shape index (κ3) is 3.32. The van der Waals surface area contributed by atoms with E-state index in [-0.39, 0.29) is 0 Å². The Hall–Kier alpha value is -0.533. The minimum absolute atomic E-state index is 1.01. The highest BCUT2D eigenvalue weighted by Gasteiger charge is 2.25. The summed E-state index contributed by atoms with van der Waals surface area (Å²) in [5, 5.41) is 0. The molecular formula is C12H17ClSi. The van der Waals surface area contributed by atoms with Crippen LogP contribution in [-0.4, -0.2) is 7.38 Å². The second-order valence-corrected chi connectivity index (χ2v) is 9.24. The molecule has 0 aromatic heterocycles. The van der Waals surface area contributed by atoms with Crippen LogP contribution >= 0.6 is 11.1 Å². The molecule has 1 aromatic carbocycles. The molecule has 1 atom stereocenters. The maximum Gasteiger partial charge on any atom is 0.183 e. The summed E-state index contributed by atoms with van der Waals surface area (Å²) in [6.45, 7) is 6.06. The summed E-state index contributed by atoms with van der Waals surface area (Å²) in [5.74, 6) is 0. The summed E-state index contributed by atoms with van der Waals surface area (Å²) in [6.07, 6.45) is 1.15. The van der Waals surface area contributed by atoms with Crippen LogP contribution in [0, 0.1) is 0 Å². The van der Waals surface area contributed by atoms with Crippen LogP contribution in [0.15, 0.2) is 42.6 Å². The van der Waals surface area contributed by atoms with Gasteiger partial charge in [-0.25, -0.2) is 0 Å². The molecule has 0 bridgehead atoms. The molecule has 1 rings (SSSR count). The van der Waals surface area contributed by atoms with Crippen LogP contribution in [0.25, 0.3) is 0 Å². The van der Waals surface area contributed by atoms with Gasteiger partial charge in [0.05, 0.1) is 0 Å². The van der Waals surface area contributed by atoms with Gasteiger partial charge in [-0.05, 0) is 17.7 Å². The summed E-state index contributed by atoms with van der Waals surface area (Å²) in [5.41, 5.74) is 3.34. The van der Waals surface area contributed by atoms with Gasteiger partial charge in [-0.1, -0.05) is 49.4 Å². The van der Waals surface area contributed by atoms with E-state index < -0.39 is 7.38 Å². The largest absolute Gasteiger partial charge is 0.183 e. The van der Waals surface area contributed by atoms with Crippen molar-refractivity contribution < 1.29 is 0 Å². The molecule has 0 radical (unpaired) electrons. The van der Waals surface area contributed by atoms with Crippen LogP contribution in [0.3, 0.4) is 0 Å². The Morgan fingerprint density at radius 1 is 1.36 bits per heavy atom. The lowest BCUT2D eigenvalue weighted by Gasteiger charge is -2.19. The first-order valence-electron chi connectivity index (χ1n) is 5.06. The van der Waals surface area contributed by atoms with Crippen LogP contribution in [0.1, 0.15) is 18.9 Å². The Balaban J connectivity index is 2.70. The van der Waals surface area contributed by atoms with Gasteiger partial charge >= 0.3 is 0 Å². The number of hydrogen-bond acceptors (Lipinski definition) is 0. The Morgan fingerprint density at radius 3 is 2.50 bits per heavy atom. The highest BCUT2D eigenvalue weighted by atomic mass is 35.6. The Bertz CT molecular complexity index is 284. The molecule has 14 heavy (non-hydrogen) atoms. The Kier molecular flexibility index (Phi) is 4.43. The smallest absolute Gasteiger partial charge is 0.161 e. The second kappa shape index (κ2) is 5.37. The summed E-state index contributed by atoms with van der Waals surface area (Å²) in [4.78, 5) is 0. The van der Waals surface area contributed by atoms with Crippen LogP contribution in [0.5, 0.6) is 0 Å². The average Bonchev–Trinajstić information content (AvgIpc) is 2.20. The van der Waals surface area contributed by atoms with Crippen molar-refractivity contribution in [3.8, 4) is 0 Å². The van der Waals surface area contributed by atoms with Crippen molar-refractivity contribution in [2.75, 3.05) is 0 Å². The lowest BCUT2D eigenvalue weighted by Crippen LogP contribution is -2.27. The standard InChI is InChI=1S/C12H17ClSi/c1-3-10-14(13,4-2)11-12-8-6-5-7-9-12/h4-9H,2-3,10-11H2,1H3. The van der Waals surface area contributed by atoms with Gasteiger partial charge in [0.15, 0.2) is 7.38 Å². The maximum atomic E-state index is 6.58. The van der Waals surface area contributed by atoms with Crippen molar-refractivity contribution in [2.45, 2.75) is 25.4 Å². The van der Waals surface area contributed by atoms with E-state index in [1.807, 2.05) is 11.8 Å². The van der Waals surface area contributed by atoms with Crippen molar-refractivity contribution in [3.05, 3.63) is 48.2 Å². The van der Waals surface area contributed by atoms with Crippen molar-refractivity contribution in [3.63, 3.8) is 0 Å². The fraction of sp³-hybridized carbons (Fsp3) is 0.333. The van der Waals surface area contributed by atoms with E-state index in [1.54, 1.807) is 0 Å². The molecule has 76 valence electrons. The van der Waals surface area contributed by atoms with E-state index in [4.69, 9.17) is 11.1 Å². The second-order valence-electron chi connectivity index (χ2n) is 3.65. The first-order chi connectivity index (χ1) is 6.70.